The Bertz CT molecular complexity index is 480. The molecule has 1 rings (SSSR count). The van der Waals surface area contributed by atoms with E-state index in [1.807, 2.05) is 0 Å². The monoisotopic (exact) mass is 272 g/mol. The Morgan fingerprint density at radius 3 is 2.63 bits per heavy atom. The summed E-state index contributed by atoms with van der Waals surface area (Å²) in [5.41, 5.74) is -0.0153. The molecule has 0 aliphatic rings. The van der Waals surface area contributed by atoms with Gasteiger partial charge in [0, 0.05) is 12.1 Å². The molecule has 0 saturated carbocycles. The van der Waals surface area contributed by atoms with E-state index in [1.165, 1.54) is 0 Å². The molecule has 1 atom stereocenters. The van der Waals surface area contributed by atoms with Crippen LogP contribution in [0.5, 0.6) is 0 Å². The van der Waals surface area contributed by atoms with Crippen molar-refractivity contribution in [3.8, 4) is 0 Å². The highest BCUT2D eigenvalue weighted by Gasteiger charge is 2.17. The Kier molecular flexibility index (Phi) is 5.23. The number of benzene rings is 1. The maximum absolute atomic E-state index is 13.2. The highest BCUT2D eigenvalue weighted by Crippen LogP contribution is 2.09. The third-order valence-electron chi connectivity index (χ3n) is 2.46. The Balaban J connectivity index is 2.54. The van der Waals surface area contributed by atoms with E-state index in [2.05, 4.69) is 10.6 Å². The molecule has 7 heteroatoms. The van der Waals surface area contributed by atoms with Crippen molar-refractivity contribution >= 4 is 12.0 Å². The Labute approximate surface area is 108 Å². The van der Waals surface area contributed by atoms with Crippen molar-refractivity contribution in [3.05, 3.63) is 35.4 Å². The summed E-state index contributed by atoms with van der Waals surface area (Å²) in [4.78, 5) is 22.1. The molecule has 19 heavy (non-hydrogen) atoms. The van der Waals surface area contributed by atoms with Crippen LogP contribution in [-0.2, 0) is 11.3 Å². The fraction of sp³-hybridized carbons (Fsp3) is 0.333. The first kappa shape index (κ1) is 14.9. The zero-order valence-electron chi connectivity index (χ0n) is 10.2. The van der Waals surface area contributed by atoms with Gasteiger partial charge >= 0.3 is 12.0 Å². The minimum atomic E-state index is -1.16. The number of carbonyl (C=O) groups excluding carboxylic acids is 1. The molecule has 0 bridgehead atoms. The largest absolute Gasteiger partial charge is 0.480 e. The topological polar surface area (TPSA) is 78.4 Å². The molecule has 0 fully saturated rings. The van der Waals surface area contributed by atoms with E-state index in [0.29, 0.717) is 0 Å². The standard InChI is InChI=1S/C12H14F2N2O3/c1-2-10(11(17)18)16-12(19)15-6-7-5-8(13)3-4-9(7)14/h3-5,10H,2,6H2,1H3,(H,17,18)(H2,15,16,19)/t10-/m1/s1. The number of carboxylic acids is 1. The smallest absolute Gasteiger partial charge is 0.326 e. The molecule has 104 valence electrons. The number of halogens is 2. The van der Waals surface area contributed by atoms with Crippen molar-refractivity contribution in [3.63, 3.8) is 0 Å². The van der Waals surface area contributed by atoms with Crippen LogP contribution in [0.1, 0.15) is 18.9 Å². The van der Waals surface area contributed by atoms with Crippen molar-refractivity contribution in [2.24, 2.45) is 0 Å². The molecule has 3 N–H and O–H groups in total. The van der Waals surface area contributed by atoms with Crippen LogP contribution in [0.25, 0.3) is 0 Å². The van der Waals surface area contributed by atoms with E-state index in [9.17, 15) is 18.4 Å². The predicted molar refractivity (Wildman–Crippen MR) is 63.4 cm³/mol. The third kappa shape index (κ3) is 4.53. The quantitative estimate of drug-likeness (QED) is 0.762. The van der Waals surface area contributed by atoms with Gasteiger partial charge in [-0.1, -0.05) is 6.92 Å². The van der Waals surface area contributed by atoms with Crippen LogP contribution in [0, 0.1) is 11.6 Å². The van der Waals surface area contributed by atoms with E-state index in [0.717, 1.165) is 18.2 Å². The molecule has 2 amide bonds. The van der Waals surface area contributed by atoms with Gasteiger partial charge < -0.3 is 15.7 Å². The first-order chi connectivity index (χ1) is 8.93. The summed E-state index contributed by atoms with van der Waals surface area (Å²) < 4.78 is 26.1. The Hall–Kier alpha value is -2.18. The number of nitrogens with one attached hydrogen (secondary N) is 2. The van der Waals surface area contributed by atoms with Crippen LogP contribution in [0.15, 0.2) is 18.2 Å². The minimum absolute atomic E-state index is 0.0153. The van der Waals surface area contributed by atoms with Crippen molar-refractivity contribution < 1.29 is 23.5 Å². The SMILES string of the molecule is CC[C@@H](NC(=O)NCc1cc(F)ccc1F)C(=O)O. The van der Waals surface area contributed by atoms with E-state index in [-0.39, 0.29) is 18.5 Å². The second-order valence-corrected chi connectivity index (χ2v) is 3.86. The molecular weight excluding hydrogens is 258 g/mol. The Morgan fingerprint density at radius 1 is 1.37 bits per heavy atom. The molecule has 0 spiro atoms. The lowest BCUT2D eigenvalue weighted by molar-refractivity contribution is -0.139. The zero-order valence-corrected chi connectivity index (χ0v) is 10.2. The summed E-state index contributed by atoms with van der Waals surface area (Å²) in [5, 5.41) is 13.2. The number of carbonyl (C=O) groups is 2. The van der Waals surface area contributed by atoms with Crippen molar-refractivity contribution in [1.82, 2.24) is 10.6 Å². The van der Waals surface area contributed by atoms with Crippen molar-refractivity contribution in [1.29, 1.82) is 0 Å². The van der Waals surface area contributed by atoms with E-state index < -0.39 is 29.7 Å². The normalized spacial score (nSPS) is 11.7. The van der Waals surface area contributed by atoms with Gasteiger partial charge in [0.25, 0.3) is 0 Å². The molecule has 0 aromatic heterocycles. The number of amides is 2. The van der Waals surface area contributed by atoms with Gasteiger partial charge in [-0.25, -0.2) is 18.4 Å². The number of hydrogen-bond donors (Lipinski definition) is 3. The van der Waals surface area contributed by atoms with Crippen molar-refractivity contribution in [2.45, 2.75) is 25.9 Å². The van der Waals surface area contributed by atoms with Crippen LogP contribution < -0.4 is 10.6 Å². The van der Waals surface area contributed by atoms with Gasteiger partial charge in [-0.15, -0.1) is 0 Å². The average molecular weight is 272 g/mol. The molecule has 0 heterocycles. The molecule has 0 unspecified atom stereocenters. The number of rotatable bonds is 5. The molecule has 0 saturated heterocycles. The van der Waals surface area contributed by atoms with Gasteiger partial charge in [0.15, 0.2) is 0 Å². The van der Waals surface area contributed by atoms with Gasteiger partial charge in [-0.3, -0.25) is 0 Å². The molecule has 5 nitrogen and oxygen atoms in total. The number of hydrogen-bond acceptors (Lipinski definition) is 2. The molecule has 0 radical (unpaired) electrons. The van der Waals surface area contributed by atoms with Gasteiger partial charge in [0.05, 0.1) is 0 Å². The minimum Gasteiger partial charge on any atom is -0.480 e. The number of aliphatic carboxylic acids is 1. The summed E-state index contributed by atoms with van der Waals surface area (Å²) in [6, 6.07) is 1.12. The summed E-state index contributed by atoms with van der Waals surface area (Å²) in [6.07, 6.45) is 0.219. The van der Waals surface area contributed by atoms with Crippen LogP contribution in [0.3, 0.4) is 0 Å². The first-order valence-corrected chi connectivity index (χ1v) is 5.65. The lowest BCUT2D eigenvalue weighted by atomic mass is 10.2. The summed E-state index contributed by atoms with van der Waals surface area (Å²) >= 11 is 0. The summed E-state index contributed by atoms with van der Waals surface area (Å²) in [7, 11) is 0. The van der Waals surface area contributed by atoms with Gasteiger partial charge in [-0.2, -0.15) is 0 Å². The molecular formula is C12H14F2N2O3. The fourth-order valence-electron chi connectivity index (χ4n) is 1.40. The van der Waals surface area contributed by atoms with E-state index in [1.54, 1.807) is 6.92 Å². The van der Waals surface area contributed by atoms with Crippen molar-refractivity contribution in [2.75, 3.05) is 0 Å². The maximum atomic E-state index is 13.2. The molecule has 1 aromatic carbocycles. The van der Waals surface area contributed by atoms with Crippen LogP contribution >= 0.6 is 0 Å². The average Bonchev–Trinajstić information content (AvgIpc) is 2.36. The van der Waals surface area contributed by atoms with Crippen LogP contribution in [-0.4, -0.2) is 23.1 Å². The lowest BCUT2D eigenvalue weighted by Gasteiger charge is -2.13. The number of urea groups is 1. The molecule has 0 aliphatic heterocycles. The van der Waals surface area contributed by atoms with Crippen LogP contribution in [0.4, 0.5) is 13.6 Å². The molecule has 1 aromatic rings. The first-order valence-electron chi connectivity index (χ1n) is 5.65. The second-order valence-electron chi connectivity index (χ2n) is 3.86. The van der Waals surface area contributed by atoms with E-state index >= 15 is 0 Å². The predicted octanol–water partition coefficient (Wildman–Crippen LogP) is 1.63. The highest BCUT2D eigenvalue weighted by molar-refractivity contribution is 5.82. The zero-order chi connectivity index (χ0) is 14.4. The molecule has 0 aliphatic carbocycles. The van der Waals surface area contributed by atoms with Gasteiger partial charge in [0.2, 0.25) is 0 Å². The fourth-order valence-corrected chi connectivity index (χ4v) is 1.40. The maximum Gasteiger partial charge on any atom is 0.326 e. The van der Waals surface area contributed by atoms with Gasteiger partial charge in [0.1, 0.15) is 17.7 Å². The lowest BCUT2D eigenvalue weighted by Crippen LogP contribution is -2.45. The highest BCUT2D eigenvalue weighted by atomic mass is 19.1. The summed E-state index contributed by atoms with van der Waals surface area (Å²) in [6.45, 7) is 1.37. The summed E-state index contributed by atoms with van der Waals surface area (Å²) in [5.74, 6) is -2.42. The van der Waals surface area contributed by atoms with E-state index in [4.69, 9.17) is 5.11 Å². The van der Waals surface area contributed by atoms with Crippen LogP contribution in [0.2, 0.25) is 0 Å². The number of carboxylic acid groups (broad SMARTS) is 1. The Morgan fingerprint density at radius 2 is 2.05 bits per heavy atom. The third-order valence-corrected chi connectivity index (χ3v) is 2.46. The second kappa shape index (κ2) is 6.67. The van der Waals surface area contributed by atoms with Gasteiger partial charge in [-0.05, 0) is 24.6 Å².